The Balaban J connectivity index is 2.44. The van der Waals surface area contributed by atoms with Crippen molar-refractivity contribution in [3.05, 3.63) is 35.6 Å². The smallest absolute Gasteiger partial charge is 0.123 e. The van der Waals surface area contributed by atoms with Gasteiger partial charge in [0.15, 0.2) is 0 Å². The SMILES string of the molecule is CCCCCCC(CCl)c1ccc(F)cc1. The van der Waals surface area contributed by atoms with Crippen molar-refractivity contribution in [3.8, 4) is 0 Å². The molecule has 1 rings (SSSR count). The van der Waals surface area contributed by atoms with E-state index in [1.54, 1.807) is 0 Å². The summed E-state index contributed by atoms with van der Waals surface area (Å²) in [5.74, 6) is 0.819. The van der Waals surface area contributed by atoms with Crippen LogP contribution in [0, 0.1) is 5.82 Å². The van der Waals surface area contributed by atoms with Gasteiger partial charge in [-0.25, -0.2) is 4.39 Å². The molecule has 0 N–H and O–H groups in total. The van der Waals surface area contributed by atoms with Gasteiger partial charge in [-0.3, -0.25) is 0 Å². The molecular formula is C14H20ClF. The Hall–Kier alpha value is -0.560. The van der Waals surface area contributed by atoms with Crippen molar-refractivity contribution in [2.45, 2.75) is 44.9 Å². The minimum absolute atomic E-state index is 0.178. The first-order valence-electron chi connectivity index (χ1n) is 6.09. The summed E-state index contributed by atoms with van der Waals surface area (Å²) < 4.78 is 12.8. The molecule has 0 saturated carbocycles. The van der Waals surface area contributed by atoms with E-state index in [9.17, 15) is 4.39 Å². The fourth-order valence-electron chi connectivity index (χ4n) is 1.89. The van der Waals surface area contributed by atoms with Crippen molar-refractivity contribution >= 4 is 11.6 Å². The monoisotopic (exact) mass is 242 g/mol. The van der Waals surface area contributed by atoms with Gasteiger partial charge in [0.05, 0.1) is 0 Å². The summed E-state index contributed by atoms with van der Waals surface area (Å²) in [5, 5.41) is 0. The third kappa shape index (κ3) is 4.52. The van der Waals surface area contributed by atoms with Crippen LogP contribution in [0.4, 0.5) is 4.39 Å². The zero-order valence-electron chi connectivity index (χ0n) is 9.89. The third-order valence-corrected chi connectivity index (χ3v) is 3.31. The van der Waals surface area contributed by atoms with Crippen molar-refractivity contribution in [1.29, 1.82) is 0 Å². The van der Waals surface area contributed by atoms with Gasteiger partial charge in [-0.2, -0.15) is 0 Å². The first kappa shape index (κ1) is 13.5. The molecule has 2 heteroatoms. The molecule has 0 aliphatic carbocycles. The van der Waals surface area contributed by atoms with Gasteiger partial charge in [-0.15, -0.1) is 11.6 Å². The minimum Gasteiger partial charge on any atom is -0.207 e. The lowest BCUT2D eigenvalue weighted by Crippen LogP contribution is -2.00. The first-order valence-corrected chi connectivity index (χ1v) is 6.62. The van der Waals surface area contributed by atoms with E-state index in [2.05, 4.69) is 6.92 Å². The second kappa shape index (κ2) is 7.67. The molecule has 0 amide bonds. The predicted octanol–water partition coefficient (Wildman–Crippen LogP) is 5.12. The summed E-state index contributed by atoms with van der Waals surface area (Å²) in [7, 11) is 0. The van der Waals surface area contributed by atoms with Crippen LogP contribution in [-0.4, -0.2) is 5.88 Å². The maximum Gasteiger partial charge on any atom is 0.123 e. The molecule has 0 heterocycles. The van der Waals surface area contributed by atoms with Gasteiger partial charge in [0.2, 0.25) is 0 Å². The summed E-state index contributed by atoms with van der Waals surface area (Å²) in [6, 6.07) is 6.73. The van der Waals surface area contributed by atoms with Crippen molar-refractivity contribution in [2.24, 2.45) is 0 Å². The van der Waals surface area contributed by atoms with Gasteiger partial charge < -0.3 is 0 Å². The molecule has 0 saturated heterocycles. The fourth-order valence-corrected chi connectivity index (χ4v) is 2.22. The van der Waals surface area contributed by atoms with Gasteiger partial charge in [0.1, 0.15) is 5.82 Å². The van der Waals surface area contributed by atoms with Gasteiger partial charge in [0.25, 0.3) is 0 Å². The summed E-state index contributed by atoms with van der Waals surface area (Å²) in [5.41, 5.74) is 1.16. The summed E-state index contributed by atoms with van der Waals surface area (Å²) in [6.07, 6.45) is 6.13. The average molecular weight is 243 g/mol. The largest absolute Gasteiger partial charge is 0.207 e. The molecule has 1 aromatic carbocycles. The highest BCUT2D eigenvalue weighted by Gasteiger charge is 2.09. The van der Waals surface area contributed by atoms with E-state index in [-0.39, 0.29) is 5.82 Å². The van der Waals surface area contributed by atoms with Crippen molar-refractivity contribution in [1.82, 2.24) is 0 Å². The molecule has 16 heavy (non-hydrogen) atoms. The summed E-state index contributed by atoms with van der Waals surface area (Å²) in [6.45, 7) is 2.21. The number of benzene rings is 1. The highest BCUT2D eigenvalue weighted by molar-refractivity contribution is 6.18. The quantitative estimate of drug-likeness (QED) is 0.460. The molecule has 0 fully saturated rings. The molecule has 1 aromatic rings. The second-order valence-corrected chi connectivity index (χ2v) is 4.56. The molecule has 0 spiro atoms. The molecule has 1 unspecified atom stereocenters. The maximum atomic E-state index is 12.8. The Bertz CT molecular complexity index is 281. The number of halogens is 2. The molecule has 0 nitrogen and oxygen atoms in total. The Morgan fingerprint density at radius 2 is 1.81 bits per heavy atom. The molecule has 0 aliphatic heterocycles. The van der Waals surface area contributed by atoms with E-state index in [0.29, 0.717) is 11.8 Å². The van der Waals surface area contributed by atoms with Crippen LogP contribution in [0.1, 0.15) is 50.5 Å². The lowest BCUT2D eigenvalue weighted by atomic mass is 9.95. The lowest BCUT2D eigenvalue weighted by molar-refractivity contribution is 0.580. The highest BCUT2D eigenvalue weighted by atomic mass is 35.5. The van der Waals surface area contributed by atoms with Crippen LogP contribution in [0.25, 0.3) is 0 Å². The lowest BCUT2D eigenvalue weighted by Gasteiger charge is -2.14. The van der Waals surface area contributed by atoms with Crippen molar-refractivity contribution in [3.63, 3.8) is 0 Å². The van der Waals surface area contributed by atoms with Gasteiger partial charge in [-0.05, 0) is 30.0 Å². The normalized spacial score (nSPS) is 12.7. The standard InChI is InChI=1S/C14H20ClF/c1-2-3-4-5-6-13(11-15)12-7-9-14(16)10-8-12/h7-10,13H,2-6,11H2,1H3. The van der Waals surface area contributed by atoms with Crippen LogP contribution in [0.3, 0.4) is 0 Å². The second-order valence-electron chi connectivity index (χ2n) is 4.25. The van der Waals surface area contributed by atoms with E-state index in [1.807, 2.05) is 12.1 Å². The molecule has 0 radical (unpaired) electrons. The number of rotatable bonds is 7. The first-order chi connectivity index (χ1) is 7.77. The number of alkyl halides is 1. The molecule has 1 atom stereocenters. The van der Waals surface area contributed by atoms with Crippen LogP contribution in [0.2, 0.25) is 0 Å². The number of unbranched alkanes of at least 4 members (excludes halogenated alkanes) is 3. The van der Waals surface area contributed by atoms with Crippen LogP contribution < -0.4 is 0 Å². The van der Waals surface area contributed by atoms with E-state index >= 15 is 0 Å². The van der Waals surface area contributed by atoms with E-state index < -0.39 is 0 Å². The Kier molecular flexibility index (Phi) is 6.47. The Labute approximate surface area is 103 Å². The molecule has 0 bridgehead atoms. The van der Waals surface area contributed by atoms with Gasteiger partial charge in [0, 0.05) is 5.88 Å². The van der Waals surface area contributed by atoms with Crippen molar-refractivity contribution < 1.29 is 4.39 Å². The van der Waals surface area contributed by atoms with Crippen LogP contribution in [-0.2, 0) is 0 Å². The predicted molar refractivity (Wildman–Crippen MR) is 68.6 cm³/mol. The average Bonchev–Trinajstić information content (AvgIpc) is 2.31. The van der Waals surface area contributed by atoms with Gasteiger partial charge >= 0.3 is 0 Å². The van der Waals surface area contributed by atoms with E-state index in [4.69, 9.17) is 11.6 Å². The Morgan fingerprint density at radius 3 is 2.38 bits per heavy atom. The van der Waals surface area contributed by atoms with Crippen LogP contribution in [0.15, 0.2) is 24.3 Å². The minimum atomic E-state index is -0.178. The fraction of sp³-hybridized carbons (Fsp3) is 0.571. The van der Waals surface area contributed by atoms with E-state index in [1.165, 1.54) is 37.8 Å². The van der Waals surface area contributed by atoms with Crippen LogP contribution in [0.5, 0.6) is 0 Å². The zero-order valence-corrected chi connectivity index (χ0v) is 10.6. The van der Waals surface area contributed by atoms with Gasteiger partial charge in [-0.1, -0.05) is 44.7 Å². The van der Waals surface area contributed by atoms with E-state index in [0.717, 1.165) is 12.0 Å². The molecular weight excluding hydrogens is 223 g/mol. The Morgan fingerprint density at radius 1 is 1.12 bits per heavy atom. The van der Waals surface area contributed by atoms with Crippen LogP contribution >= 0.6 is 11.6 Å². The summed E-state index contributed by atoms with van der Waals surface area (Å²) in [4.78, 5) is 0. The third-order valence-electron chi connectivity index (χ3n) is 2.93. The highest BCUT2D eigenvalue weighted by Crippen LogP contribution is 2.24. The van der Waals surface area contributed by atoms with Crippen molar-refractivity contribution in [2.75, 3.05) is 5.88 Å². The molecule has 90 valence electrons. The topological polar surface area (TPSA) is 0 Å². The molecule has 0 aliphatic rings. The maximum absolute atomic E-state index is 12.8. The number of hydrogen-bond donors (Lipinski definition) is 0. The number of hydrogen-bond acceptors (Lipinski definition) is 0. The zero-order chi connectivity index (χ0) is 11.8. The molecule has 0 aromatic heterocycles. The summed E-state index contributed by atoms with van der Waals surface area (Å²) >= 11 is 5.96.